The Bertz CT molecular complexity index is 903. The maximum absolute atomic E-state index is 13.7. The molecule has 0 radical (unpaired) electrons. The molecular formula is C26H32O6. The van der Waals surface area contributed by atoms with E-state index in [0.717, 1.165) is 19.3 Å². The van der Waals surface area contributed by atoms with E-state index < -0.39 is 35.1 Å². The third-order valence-electron chi connectivity index (χ3n) is 8.40. The molecule has 1 heterocycles. The molecule has 6 aliphatic rings. The summed E-state index contributed by atoms with van der Waals surface area (Å²) in [6.07, 6.45) is 9.18. The summed E-state index contributed by atoms with van der Waals surface area (Å²) < 4.78 is 11.7. The van der Waals surface area contributed by atoms with E-state index in [1.165, 1.54) is 31.4 Å². The lowest BCUT2D eigenvalue weighted by Crippen LogP contribution is -2.52. The lowest BCUT2D eigenvalue weighted by Gasteiger charge is -2.55. The first-order valence-corrected chi connectivity index (χ1v) is 11.8. The van der Waals surface area contributed by atoms with Crippen molar-refractivity contribution in [3.63, 3.8) is 0 Å². The second-order valence-electron chi connectivity index (χ2n) is 11.2. The fourth-order valence-corrected chi connectivity index (χ4v) is 7.24. The zero-order valence-electron chi connectivity index (χ0n) is 18.8. The van der Waals surface area contributed by atoms with Crippen LogP contribution in [0.25, 0.3) is 0 Å². The molecule has 0 aromatic rings. The van der Waals surface area contributed by atoms with Gasteiger partial charge in [-0.15, -0.1) is 0 Å². The van der Waals surface area contributed by atoms with Gasteiger partial charge in [-0.25, -0.2) is 4.79 Å². The summed E-state index contributed by atoms with van der Waals surface area (Å²) in [5, 5.41) is 11.0. The van der Waals surface area contributed by atoms with Gasteiger partial charge in [-0.1, -0.05) is 6.58 Å². The molecule has 0 amide bonds. The van der Waals surface area contributed by atoms with Crippen LogP contribution in [0.5, 0.6) is 0 Å². The average Bonchev–Trinajstić information content (AvgIpc) is 2.97. The minimum absolute atomic E-state index is 0.0542. The summed E-state index contributed by atoms with van der Waals surface area (Å²) in [6.45, 7) is 7.13. The minimum Gasteiger partial charge on any atom is -0.461 e. The van der Waals surface area contributed by atoms with E-state index >= 15 is 0 Å². The Morgan fingerprint density at radius 2 is 1.72 bits per heavy atom. The lowest BCUT2D eigenvalue weighted by atomic mass is 9.49. The molecule has 0 aromatic heterocycles. The molecule has 0 aromatic carbocycles. The predicted octanol–water partition coefficient (Wildman–Crippen LogP) is 3.44. The molecule has 5 fully saturated rings. The van der Waals surface area contributed by atoms with Crippen molar-refractivity contribution in [2.75, 3.05) is 0 Å². The number of carbonyl (C=O) groups is 3. The van der Waals surface area contributed by atoms with Crippen LogP contribution in [0.4, 0.5) is 0 Å². The number of hydrogen-bond acceptors (Lipinski definition) is 6. The van der Waals surface area contributed by atoms with Crippen LogP contribution in [0.1, 0.15) is 58.8 Å². The number of hydrogen-bond donors (Lipinski definition) is 1. The van der Waals surface area contributed by atoms with E-state index in [1.54, 1.807) is 19.9 Å². The number of fused-ring (bicyclic) bond motifs is 1. The zero-order valence-corrected chi connectivity index (χ0v) is 18.8. The predicted molar refractivity (Wildman–Crippen MR) is 116 cm³/mol. The number of aliphatic hydroxyl groups is 1. The molecule has 172 valence electrons. The molecule has 1 N–H and O–H groups in total. The minimum atomic E-state index is -1.39. The van der Waals surface area contributed by atoms with Gasteiger partial charge in [0, 0.05) is 12.0 Å². The molecule has 1 saturated heterocycles. The quantitative estimate of drug-likeness (QED) is 0.523. The van der Waals surface area contributed by atoms with Crippen LogP contribution < -0.4 is 0 Å². The number of carbonyl (C=O) groups excluding carboxylic acids is 3. The van der Waals surface area contributed by atoms with E-state index in [9.17, 15) is 19.5 Å². The van der Waals surface area contributed by atoms with Crippen LogP contribution in [0.2, 0.25) is 0 Å². The molecule has 32 heavy (non-hydrogen) atoms. The molecule has 4 atom stereocenters. The molecular weight excluding hydrogens is 408 g/mol. The monoisotopic (exact) mass is 440 g/mol. The Morgan fingerprint density at radius 1 is 1.12 bits per heavy atom. The van der Waals surface area contributed by atoms with Crippen molar-refractivity contribution in [3.8, 4) is 0 Å². The highest BCUT2D eigenvalue weighted by Crippen LogP contribution is 2.60. The zero-order chi connectivity index (χ0) is 22.8. The van der Waals surface area contributed by atoms with Crippen LogP contribution in [-0.4, -0.2) is 40.6 Å². The van der Waals surface area contributed by atoms with Crippen LogP contribution in [0.3, 0.4) is 0 Å². The van der Waals surface area contributed by atoms with Gasteiger partial charge in [-0.3, -0.25) is 9.59 Å². The van der Waals surface area contributed by atoms with Gasteiger partial charge in [-0.05, 0) is 93.9 Å². The van der Waals surface area contributed by atoms with Crippen LogP contribution in [-0.2, 0) is 23.9 Å². The van der Waals surface area contributed by atoms with Gasteiger partial charge in [0.05, 0.1) is 16.9 Å². The Morgan fingerprint density at radius 3 is 2.31 bits per heavy atom. The maximum atomic E-state index is 13.7. The fourth-order valence-electron chi connectivity index (χ4n) is 7.24. The van der Waals surface area contributed by atoms with E-state index in [-0.39, 0.29) is 23.7 Å². The molecule has 0 unspecified atom stereocenters. The summed E-state index contributed by atoms with van der Waals surface area (Å²) in [5.74, 6) is 0.127. The van der Waals surface area contributed by atoms with Crippen molar-refractivity contribution in [1.29, 1.82) is 0 Å². The first-order valence-electron chi connectivity index (χ1n) is 11.8. The van der Waals surface area contributed by atoms with E-state index in [1.807, 2.05) is 0 Å². The summed E-state index contributed by atoms with van der Waals surface area (Å²) in [4.78, 5) is 38.4. The molecule has 0 spiro atoms. The molecule has 6 heteroatoms. The van der Waals surface area contributed by atoms with E-state index in [4.69, 9.17) is 9.47 Å². The topological polar surface area (TPSA) is 89.9 Å². The lowest BCUT2D eigenvalue weighted by molar-refractivity contribution is -0.182. The number of ether oxygens (including phenoxy) is 2. The van der Waals surface area contributed by atoms with Gasteiger partial charge in [-0.2, -0.15) is 0 Å². The first kappa shape index (κ1) is 21.6. The number of esters is 2. The van der Waals surface area contributed by atoms with Crippen LogP contribution in [0, 0.1) is 29.1 Å². The molecule has 1 aliphatic heterocycles. The van der Waals surface area contributed by atoms with Crippen LogP contribution >= 0.6 is 0 Å². The highest BCUT2D eigenvalue weighted by molar-refractivity contribution is 6.03. The summed E-state index contributed by atoms with van der Waals surface area (Å²) >= 11 is 0. The summed E-state index contributed by atoms with van der Waals surface area (Å²) in [7, 11) is 0. The number of allylic oxidation sites excluding steroid dienone is 2. The van der Waals surface area contributed by atoms with Gasteiger partial charge in [0.15, 0.2) is 5.78 Å². The maximum Gasteiger partial charge on any atom is 0.334 e. The summed E-state index contributed by atoms with van der Waals surface area (Å²) in [6, 6.07) is 0. The second-order valence-corrected chi connectivity index (χ2v) is 11.2. The van der Waals surface area contributed by atoms with Gasteiger partial charge >= 0.3 is 11.9 Å². The Hall–Kier alpha value is -2.21. The average molecular weight is 441 g/mol. The van der Waals surface area contributed by atoms with Gasteiger partial charge in [0.2, 0.25) is 0 Å². The van der Waals surface area contributed by atoms with Gasteiger partial charge in [0.1, 0.15) is 12.2 Å². The van der Waals surface area contributed by atoms with Crippen molar-refractivity contribution in [1.82, 2.24) is 0 Å². The van der Waals surface area contributed by atoms with E-state index in [0.29, 0.717) is 23.3 Å². The van der Waals surface area contributed by atoms with Gasteiger partial charge in [0.25, 0.3) is 0 Å². The molecule has 6 rings (SSSR count). The standard InChI is InChI=1S/C26H32O6/c1-14-6-20-22(15(2)23(28)31-20)21(13-25(3,30)5-4-19(14)27)32-24(29)26-10-16-7-17(11-26)9-18(8-16)12-26/h4-6,16-18,20-22,30H,2,7-13H2,1,3H3/b5-4+,14-6-/t16?,17?,18?,20-,21-,22+,25+,26?/m1/s1. The molecule has 6 nitrogen and oxygen atoms in total. The van der Waals surface area contributed by atoms with Crippen LogP contribution in [0.15, 0.2) is 36.0 Å². The van der Waals surface area contributed by atoms with Crippen molar-refractivity contribution in [2.24, 2.45) is 29.1 Å². The largest absolute Gasteiger partial charge is 0.461 e. The Balaban J connectivity index is 1.47. The highest BCUT2D eigenvalue weighted by Gasteiger charge is 2.57. The fraction of sp³-hybridized carbons (Fsp3) is 0.654. The molecule has 4 saturated carbocycles. The van der Waals surface area contributed by atoms with Gasteiger partial charge < -0.3 is 14.6 Å². The van der Waals surface area contributed by atoms with Crippen molar-refractivity contribution >= 4 is 17.7 Å². The second kappa shape index (κ2) is 7.41. The van der Waals surface area contributed by atoms with Crippen molar-refractivity contribution in [2.45, 2.75) is 76.6 Å². The van der Waals surface area contributed by atoms with Crippen molar-refractivity contribution in [3.05, 3.63) is 36.0 Å². The first-order chi connectivity index (χ1) is 15.1. The third kappa shape index (κ3) is 3.66. The normalized spacial score (nSPS) is 48.0. The molecule has 5 aliphatic carbocycles. The van der Waals surface area contributed by atoms with E-state index in [2.05, 4.69) is 6.58 Å². The Labute approximate surface area is 188 Å². The third-order valence-corrected chi connectivity index (χ3v) is 8.40. The summed E-state index contributed by atoms with van der Waals surface area (Å²) in [5.41, 5.74) is -1.22. The molecule has 4 bridgehead atoms. The number of rotatable bonds is 2. The van der Waals surface area contributed by atoms with Crippen molar-refractivity contribution < 1.29 is 29.0 Å². The highest BCUT2D eigenvalue weighted by atomic mass is 16.6. The Kier molecular flexibility index (Phi) is 5.01. The number of ketones is 1. The SMILES string of the molecule is C=C1C(=O)O[C@@H]2/C=C(/C)C(=O)/C=C/[C@](C)(O)C[C@@H](OC(=O)C34CC5CC(CC(C5)C3)C4)[C@@H]12. The smallest absolute Gasteiger partial charge is 0.334 e.